The number of hydrogen-bond donors (Lipinski definition) is 0. The Morgan fingerprint density at radius 1 is 0.952 bits per heavy atom. The lowest BCUT2D eigenvalue weighted by atomic mass is 10.2. The Morgan fingerprint density at radius 3 is 2.14 bits per heavy atom. The molecule has 7 heteroatoms. The zero-order valence-corrected chi connectivity index (χ0v) is 13.8. The second kappa shape index (κ2) is 7.03. The smallest absolute Gasteiger partial charge is 0.138 e. The fourth-order valence-corrected chi connectivity index (χ4v) is 3.19. The predicted octanol–water partition coefficient (Wildman–Crippen LogP) is 3.16. The van der Waals surface area contributed by atoms with Crippen LogP contribution < -0.4 is 0 Å². The van der Waals surface area contributed by atoms with Gasteiger partial charge < -0.3 is 0 Å². The summed E-state index contributed by atoms with van der Waals surface area (Å²) in [6, 6.07) is 8.08. The molecule has 0 unspecified atom stereocenters. The SMILES string of the molecule is Clc1ccc(CN2CCN(Cc3nnsc3Cl)CC2)cc1. The van der Waals surface area contributed by atoms with E-state index >= 15 is 0 Å². The number of rotatable bonds is 4. The monoisotopic (exact) mass is 342 g/mol. The minimum absolute atomic E-state index is 0.707. The molecule has 2 heterocycles. The summed E-state index contributed by atoms with van der Waals surface area (Å²) in [6.07, 6.45) is 0. The van der Waals surface area contributed by atoms with E-state index in [-0.39, 0.29) is 0 Å². The third-order valence-corrected chi connectivity index (χ3v) is 4.90. The molecule has 0 radical (unpaired) electrons. The summed E-state index contributed by atoms with van der Waals surface area (Å²) in [4.78, 5) is 4.83. The van der Waals surface area contributed by atoms with Crippen LogP contribution in [0.25, 0.3) is 0 Å². The van der Waals surface area contributed by atoms with Gasteiger partial charge in [0.2, 0.25) is 0 Å². The minimum atomic E-state index is 0.707. The zero-order valence-electron chi connectivity index (χ0n) is 11.5. The van der Waals surface area contributed by atoms with Crippen molar-refractivity contribution in [3.63, 3.8) is 0 Å². The number of aromatic nitrogens is 2. The molecule has 1 aliphatic heterocycles. The van der Waals surface area contributed by atoms with Gasteiger partial charge in [-0.05, 0) is 17.7 Å². The van der Waals surface area contributed by atoms with Gasteiger partial charge in [0.25, 0.3) is 0 Å². The highest BCUT2D eigenvalue weighted by molar-refractivity contribution is 7.10. The Bertz CT molecular complexity index is 579. The molecule has 112 valence electrons. The molecule has 1 fully saturated rings. The van der Waals surface area contributed by atoms with E-state index in [1.165, 1.54) is 17.1 Å². The molecule has 2 aromatic rings. The molecule has 3 rings (SSSR count). The Balaban J connectivity index is 1.49. The van der Waals surface area contributed by atoms with Gasteiger partial charge in [-0.2, -0.15) is 0 Å². The third-order valence-electron chi connectivity index (χ3n) is 3.67. The number of piperazine rings is 1. The lowest BCUT2D eigenvalue weighted by molar-refractivity contribution is 0.121. The highest BCUT2D eigenvalue weighted by Gasteiger charge is 2.19. The number of hydrogen-bond acceptors (Lipinski definition) is 5. The van der Waals surface area contributed by atoms with Gasteiger partial charge >= 0.3 is 0 Å². The van der Waals surface area contributed by atoms with E-state index in [0.717, 1.165) is 50.0 Å². The van der Waals surface area contributed by atoms with Crippen LogP contribution in [0.4, 0.5) is 0 Å². The van der Waals surface area contributed by atoms with Crippen LogP contribution in [0.3, 0.4) is 0 Å². The molecule has 1 aliphatic rings. The van der Waals surface area contributed by atoms with Crippen LogP contribution >= 0.6 is 34.7 Å². The topological polar surface area (TPSA) is 32.3 Å². The van der Waals surface area contributed by atoms with E-state index in [1.807, 2.05) is 12.1 Å². The summed E-state index contributed by atoms with van der Waals surface area (Å²) in [6.45, 7) is 5.94. The quantitative estimate of drug-likeness (QED) is 0.854. The molecule has 0 N–H and O–H groups in total. The van der Waals surface area contributed by atoms with E-state index in [2.05, 4.69) is 31.5 Å². The van der Waals surface area contributed by atoms with Crippen LogP contribution in [-0.4, -0.2) is 45.6 Å². The Kier molecular flexibility index (Phi) is 5.08. The molecule has 1 aromatic carbocycles. The van der Waals surface area contributed by atoms with E-state index in [4.69, 9.17) is 23.2 Å². The van der Waals surface area contributed by atoms with Crippen LogP contribution in [0, 0.1) is 0 Å². The van der Waals surface area contributed by atoms with E-state index in [9.17, 15) is 0 Å². The first-order valence-electron chi connectivity index (χ1n) is 6.86. The lowest BCUT2D eigenvalue weighted by Gasteiger charge is -2.34. The first-order chi connectivity index (χ1) is 10.2. The van der Waals surface area contributed by atoms with Crippen molar-refractivity contribution in [3.8, 4) is 0 Å². The van der Waals surface area contributed by atoms with Crippen molar-refractivity contribution in [2.45, 2.75) is 13.1 Å². The lowest BCUT2D eigenvalue weighted by Crippen LogP contribution is -2.45. The summed E-state index contributed by atoms with van der Waals surface area (Å²) >= 11 is 13.2. The second-order valence-corrected chi connectivity index (χ2v) is 6.96. The first kappa shape index (κ1) is 15.2. The maximum atomic E-state index is 6.05. The number of benzene rings is 1. The van der Waals surface area contributed by atoms with Crippen LogP contribution in [-0.2, 0) is 13.1 Å². The van der Waals surface area contributed by atoms with Gasteiger partial charge in [0.15, 0.2) is 0 Å². The fraction of sp³-hybridized carbons (Fsp3) is 0.429. The van der Waals surface area contributed by atoms with Crippen molar-refractivity contribution in [1.29, 1.82) is 0 Å². The Hall–Kier alpha value is -0.720. The maximum absolute atomic E-state index is 6.05. The second-order valence-electron chi connectivity index (χ2n) is 5.17. The average molecular weight is 343 g/mol. The highest BCUT2D eigenvalue weighted by atomic mass is 35.5. The summed E-state index contributed by atoms with van der Waals surface area (Å²) in [7, 11) is 0. The summed E-state index contributed by atoms with van der Waals surface area (Å²) in [5.41, 5.74) is 2.20. The molecule has 21 heavy (non-hydrogen) atoms. The van der Waals surface area contributed by atoms with Gasteiger partial charge in [0, 0.05) is 55.8 Å². The molecular weight excluding hydrogens is 327 g/mol. The molecule has 0 atom stereocenters. The van der Waals surface area contributed by atoms with Gasteiger partial charge in [-0.15, -0.1) is 5.10 Å². The molecule has 0 saturated carbocycles. The standard InChI is InChI=1S/C14H16Cl2N4S/c15-12-3-1-11(2-4-12)9-19-5-7-20(8-6-19)10-13-14(16)21-18-17-13/h1-4H,5-10H2. The van der Waals surface area contributed by atoms with E-state index in [0.29, 0.717) is 4.34 Å². The van der Waals surface area contributed by atoms with Crippen molar-refractivity contribution < 1.29 is 0 Å². The van der Waals surface area contributed by atoms with Crippen molar-refractivity contribution >= 4 is 34.7 Å². The van der Waals surface area contributed by atoms with Crippen molar-refractivity contribution in [1.82, 2.24) is 19.4 Å². The summed E-state index contributed by atoms with van der Waals surface area (Å²) in [5.74, 6) is 0. The van der Waals surface area contributed by atoms with E-state index < -0.39 is 0 Å². The average Bonchev–Trinajstić information content (AvgIpc) is 2.89. The van der Waals surface area contributed by atoms with Crippen molar-refractivity contribution in [3.05, 3.63) is 44.9 Å². The zero-order chi connectivity index (χ0) is 14.7. The van der Waals surface area contributed by atoms with Crippen molar-refractivity contribution in [2.75, 3.05) is 26.2 Å². The maximum Gasteiger partial charge on any atom is 0.138 e. The molecule has 4 nitrogen and oxygen atoms in total. The first-order valence-corrected chi connectivity index (χ1v) is 8.39. The van der Waals surface area contributed by atoms with E-state index in [1.54, 1.807) is 0 Å². The molecular formula is C14H16Cl2N4S. The summed E-state index contributed by atoms with van der Waals surface area (Å²) in [5, 5.41) is 4.86. The molecule has 1 saturated heterocycles. The molecule has 0 amide bonds. The fourth-order valence-electron chi connectivity index (χ4n) is 2.46. The predicted molar refractivity (Wildman–Crippen MR) is 86.9 cm³/mol. The molecule has 0 bridgehead atoms. The normalized spacial score (nSPS) is 17.2. The van der Waals surface area contributed by atoms with Crippen LogP contribution in [0.15, 0.2) is 24.3 Å². The molecule has 0 aliphatic carbocycles. The van der Waals surface area contributed by atoms with Gasteiger partial charge in [0.1, 0.15) is 10.0 Å². The Morgan fingerprint density at radius 2 is 1.57 bits per heavy atom. The van der Waals surface area contributed by atoms with Crippen LogP contribution in [0.5, 0.6) is 0 Å². The van der Waals surface area contributed by atoms with Crippen LogP contribution in [0.1, 0.15) is 11.3 Å². The van der Waals surface area contributed by atoms with Crippen LogP contribution in [0.2, 0.25) is 9.36 Å². The largest absolute Gasteiger partial charge is 0.297 e. The number of nitrogens with zero attached hydrogens (tertiary/aromatic N) is 4. The van der Waals surface area contributed by atoms with Crippen molar-refractivity contribution in [2.24, 2.45) is 0 Å². The van der Waals surface area contributed by atoms with Gasteiger partial charge in [0.05, 0.1) is 0 Å². The van der Waals surface area contributed by atoms with Gasteiger partial charge in [-0.1, -0.05) is 39.8 Å². The third kappa shape index (κ3) is 4.14. The highest BCUT2D eigenvalue weighted by Crippen LogP contribution is 2.20. The Labute approximate surface area is 138 Å². The molecule has 1 aromatic heterocycles. The minimum Gasteiger partial charge on any atom is -0.297 e. The summed E-state index contributed by atoms with van der Waals surface area (Å²) < 4.78 is 4.58. The molecule has 0 spiro atoms. The van der Waals surface area contributed by atoms with Gasteiger partial charge in [-0.25, -0.2) is 0 Å². The van der Waals surface area contributed by atoms with Gasteiger partial charge in [-0.3, -0.25) is 9.80 Å². The number of halogens is 2.